The average Bonchev–Trinajstić information content (AvgIpc) is 2.39. The van der Waals surface area contributed by atoms with Crippen molar-refractivity contribution in [3.8, 4) is 0 Å². The summed E-state index contributed by atoms with van der Waals surface area (Å²) in [5.74, 6) is -0.527. The average molecular weight is 261 g/mol. The van der Waals surface area contributed by atoms with Crippen molar-refractivity contribution in [2.45, 2.75) is 13.0 Å². The quantitative estimate of drug-likeness (QED) is 0.677. The molecular weight excluding hydrogens is 249 g/mol. The maximum atomic E-state index is 13.2. The molecule has 0 amide bonds. The highest BCUT2D eigenvalue weighted by molar-refractivity contribution is 5.62. The SMILES string of the molecule is CC(Nc1cc(F)ccc1[N+](=O)[O-])c1ccccn1. The Morgan fingerprint density at radius 2 is 2.16 bits per heavy atom. The molecule has 98 valence electrons. The third-order valence-electron chi connectivity index (χ3n) is 2.66. The Hall–Kier alpha value is -2.50. The first-order chi connectivity index (χ1) is 9.08. The summed E-state index contributed by atoms with van der Waals surface area (Å²) >= 11 is 0. The van der Waals surface area contributed by atoms with Crippen LogP contribution in [-0.4, -0.2) is 9.91 Å². The Morgan fingerprint density at radius 1 is 1.37 bits per heavy atom. The Bertz CT molecular complexity index is 590. The Kier molecular flexibility index (Phi) is 3.70. The number of nitro groups is 1. The van der Waals surface area contributed by atoms with Crippen LogP contribution in [0.25, 0.3) is 0 Å². The second-order valence-corrected chi connectivity index (χ2v) is 4.04. The summed E-state index contributed by atoms with van der Waals surface area (Å²) in [6.45, 7) is 1.80. The second kappa shape index (κ2) is 5.43. The number of nitrogens with one attached hydrogen (secondary N) is 1. The van der Waals surface area contributed by atoms with Crippen molar-refractivity contribution in [2.75, 3.05) is 5.32 Å². The van der Waals surface area contributed by atoms with Gasteiger partial charge in [-0.1, -0.05) is 6.07 Å². The van der Waals surface area contributed by atoms with Crippen LogP contribution in [-0.2, 0) is 0 Å². The first kappa shape index (κ1) is 12.9. The molecule has 0 spiro atoms. The monoisotopic (exact) mass is 261 g/mol. The van der Waals surface area contributed by atoms with Gasteiger partial charge in [0.1, 0.15) is 11.5 Å². The molecule has 5 nitrogen and oxygen atoms in total. The number of halogens is 1. The van der Waals surface area contributed by atoms with Gasteiger partial charge in [0.05, 0.1) is 16.7 Å². The van der Waals surface area contributed by atoms with Gasteiger partial charge in [-0.2, -0.15) is 0 Å². The van der Waals surface area contributed by atoms with Crippen LogP contribution in [0.1, 0.15) is 18.7 Å². The molecule has 0 fully saturated rings. The van der Waals surface area contributed by atoms with Crippen molar-refractivity contribution >= 4 is 11.4 Å². The number of pyridine rings is 1. The molecule has 0 saturated carbocycles. The molecule has 0 aliphatic rings. The summed E-state index contributed by atoms with van der Waals surface area (Å²) in [5, 5.41) is 13.8. The van der Waals surface area contributed by atoms with Crippen LogP contribution in [0.3, 0.4) is 0 Å². The number of benzene rings is 1. The Labute approximate surface area is 109 Å². The summed E-state index contributed by atoms with van der Waals surface area (Å²) in [6.07, 6.45) is 1.63. The minimum atomic E-state index is -0.549. The maximum absolute atomic E-state index is 13.2. The number of rotatable bonds is 4. The normalized spacial score (nSPS) is 11.9. The first-order valence-electron chi connectivity index (χ1n) is 5.69. The standard InChI is InChI=1S/C13H12FN3O2/c1-9(11-4-2-3-7-15-11)16-12-8-10(14)5-6-13(12)17(18)19/h2-9,16H,1H3. The van der Waals surface area contributed by atoms with E-state index < -0.39 is 10.7 Å². The van der Waals surface area contributed by atoms with E-state index in [1.165, 1.54) is 0 Å². The van der Waals surface area contributed by atoms with Crippen LogP contribution in [0.5, 0.6) is 0 Å². The highest BCUT2D eigenvalue weighted by Crippen LogP contribution is 2.28. The molecule has 0 aliphatic carbocycles. The maximum Gasteiger partial charge on any atom is 0.292 e. The summed E-state index contributed by atoms with van der Waals surface area (Å²) in [4.78, 5) is 14.5. The molecular formula is C13H12FN3O2. The highest BCUT2D eigenvalue weighted by atomic mass is 19.1. The van der Waals surface area contributed by atoms with E-state index in [1.54, 1.807) is 25.3 Å². The molecule has 2 aromatic rings. The largest absolute Gasteiger partial charge is 0.371 e. The van der Waals surface area contributed by atoms with E-state index in [9.17, 15) is 14.5 Å². The molecule has 0 saturated heterocycles. The van der Waals surface area contributed by atoms with Gasteiger partial charge in [-0.15, -0.1) is 0 Å². The van der Waals surface area contributed by atoms with Gasteiger partial charge in [0.2, 0.25) is 0 Å². The van der Waals surface area contributed by atoms with E-state index in [0.717, 1.165) is 23.9 Å². The smallest absolute Gasteiger partial charge is 0.292 e. The van der Waals surface area contributed by atoms with Gasteiger partial charge >= 0.3 is 0 Å². The third-order valence-corrected chi connectivity index (χ3v) is 2.66. The van der Waals surface area contributed by atoms with Crippen LogP contribution in [0.15, 0.2) is 42.6 Å². The number of nitrogens with zero attached hydrogens (tertiary/aromatic N) is 2. The van der Waals surface area contributed by atoms with Crippen molar-refractivity contribution < 1.29 is 9.31 Å². The topological polar surface area (TPSA) is 68.1 Å². The zero-order valence-electron chi connectivity index (χ0n) is 10.2. The van der Waals surface area contributed by atoms with E-state index >= 15 is 0 Å². The predicted octanol–water partition coefficient (Wildman–Crippen LogP) is 3.30. The molecule has 0 radical (unpaired) electrons. The van der Waals surface area contributed by atoms with E-state index in [1.807, 2.05) is 6.07 Å². The van der Waals surface area contributed by atoms with E-state index in [0.29, 0.717) is 0 Å². The first-order valence-corrected chi connectivity index (χ1v) is 5.69. The Balaban J connectivity index is 2.28. The van der Waals surface area contributed by atoms with Crippen LogP contribution in [0.4, 0.5) is 15.8 Å². The van der Waals surface area contributed by atoms with Crippen molar-refractivity contribution in [1.82, 2.24) is 4.98 Å². The zero-order valence-corrected chi connectivity index (χ0v) is 10.2. The van der Waals surface area contributed by atoms with Crippen LogP contribution in [0.2, 0.25) is 0 Å². The van der Waals surface area contributed by atoms with Crippen LogP contribution < -0.4 is 5.32 Å². The highest BCUT2D eigenvalue weighted by Gasteiger charge is 2.17. The number of hydrogen-bond donors (Lipinski definition) is 1. The number of aromatic nitrogens is 1. The van der Waals surface area contributed by atoms with E-state index in [4.69, 9.17) is 0 Å². The van der Waals surface area contributed by atoms with Crippen molar-refractivity contribution in [3.05, 3.63) is 64.2 Å². The predicted molar refractivity (Wildman–Crippen MR) is 69.3 cm³/mol. The summed E-state index contributed by atoms with van der Waals surface area (Å²) in [5.41, 5.74) is 0.702. The molecule has 2 rings (SSSR count). The summed E-state index contributed by atoms with van der Waals surface area (Å²) < 4.78 is 13.2. The minimum Gasteiger partial charge on any atom is -0.371 e. The van der Waals surface area contributed by atoms with Gasteiger partial charge in [0.25, 0.3) is 5.69 Å². The van der Waals surface area contributed by atoms with Gasteiger partial charge < -0.3 is 5.32 Å². The third kappa shape index (κ3) is 3.04. The number of hydrogen-bond acceptors (Lipinski definition) is 4. The van der Waals surface area contributed by atoms with Crippen LogP contribution in [0, 0.1) is 15.9 Å². The lowest BCUT2D eigenvalue weighted by atomic mass is 10.2. The Morgan fingerprint density at radius 3 is 2.79 bits per heavy atom. The second-order valence-electron chi connectivity index (χ2n) is 4.04. The van der Waals surface area contributed by atoms with Crippen molar-refractivity contribution in [3.63, 3.8) is 0 Å². The molecule has 0 bridgehead atoms. The summed E-state index contributed by atoms with van der Waals surface area (Å²) in [7, 11) is 0. The zero-order chi connectivity index (χ0) is 13.8. The fourth-order valence-electron chi connectivity index (χ4n) is 1.72. The minimum absolute atomic E-state index is 0.142. The van der Waals surface area contributed by atoms with Gasteiger partial charge in [0, 0.05) is 18.3 Å². The van der Waals surface area contributed by atoms with Crippen molar-refractivity contribution in [1.29, 1.82) is 0 Å². The molecule has 1 aromatic carbocycles. The summed E-state index contributed by atoms with van der Waals surface area (Å²) in [6, 6.07) is 8.45. The van der Waals surface area contributed by atoms with Crippen molar-refractivity contribution in [2.24, 2.45) is 0 Å². The molecule has 1 N–H and O–H groups in total. The van der Waals surface area contributed by atoms with Gasteiger partial charge in [0.15, 0.2) is 0 Å². The lowest BCUT2D eigenvalue weighted by Gasteiger charge is -2.14. The fraction of sp³-hybridized carbons (Fsp3) is 0.154. The lowest BCUT2D eigenvalue weighted by Crippen LogP contribution is -2.10. The molecule has 1 aromatic heterocycles. The number of anilines is 1. The van der Waals surface area contributed by atoms with Crippen LogP contribution >= 0.6 is 0 Å². The fourth-order valence-corrected chi connectivity index (χ4v) is 1.72. The van der Waals surface area contributed by atoms with Gasteiger partial charge in [-0.3, -0.25) is 15.1 Å². The lowest BCUT2D eigenvalue weighted by molar-refractivity contribution is -0.384. The molecule has 1 atom stereocenters. The molecule has 1 heterocycles. The van der Waals surface area contributed by atoms with E-state index in [-0.39, 0.29) is 17.4 Å². The number of nitro benzene ring substituents is 1. The molecule has 0 aliphatic heterocycles. The molecule has 6 heteroatoms. The van der Waals surface area contributed by atoms with E-state index in [2.05, 4.69) is 10.3 Å². The van der Waals surface area contributed by atoms with Gasteiger partial charge in [-0.05, 0) is 25.1 Å². The molecule has 19 heavy (non-hydrogen) atoms. The molecule has 1 unspecified atom stereocenters. The van der Waals surface area contributed by atoms with Gasteiger partial charge in [-0.25, -0.2) is 4.39 Å².